The van der Waals surface area contributed by atoms with Gasteiger partial charge in [0.25, 0.3) is 0 Å². The summed E-state index contributed by atoms with van der Waals surface area (Å²) >= 11 is 0. The highest BCUT2D eigenvalue weighted by atomic mass is 19.1. The minimum absolute atomic E-state index is 0.0432. The average molecular weight is 321 g/mol. The molecule has 3 N–H and O–H groups in total. The molecule has 2 rings (SSSR count). The van der Waals surface area contributed by atoms with Crippen LogP contribution in [0.25, 0.3) is 0 Å². The van der Waals surface area contributed by atoms with E-state index in [0.717, 1.165) is 24.8 Å². The van der Waals surface area contributed by atoms with Crippen LogP contribution in [-0.2, 0) is 11.3 Å². The lowest BCUT2D eigenvalue weighted by atomic mass is 9.86. The van der Waals surface area contributed by atoms with Crippen LogP contribution in [0.15, 0.2) is 24.3 Å². The largest absolute Gasteiger partial charge is 0.352 e. The molecule has 0 unspecified atom stereocenters. The first-order valence-corrected chi connectivity index (χ1v) is 8.10. The van der Waals surface area contributed by atoms with Gasteiger partial charge in [-0.15, -0.1) is 0 Å². The molecule has 0 aliphatic heterocycles. The predicted octanol–water partition coefficient (Wildman–Crippen LogP) is 2.32. The van der Waals surface area contributed by atoms with E-state index in [9.17, 15) is 14.0 Å². The Bertz CT molecular complexity index is 533. The molecule has 23 heavy (non-hydrogen) atoms. The molecule has 0 spiro atoms. The lowest BCUT2D eigenvalue weighted by molar-refractivity contribution is -0.121. The van der Waals surface area contributed by atoms with Crippen molar-refractivity contribution in [3.63, 3.8) is 0 Å². The van der Waals surface area contributed by atoms with Gasteiger partial charge < -0.3 is 16.0 Å². The van der Waals surface area contributed by atoms with Crippen molar-refractivity contribution in [2.45, 2.75) is 45.2 Å². The molecule has 0 heterocycles. The molecular formula is C17H24FN3O2. The van der Waals surface area contributed by atoms with Crippen LogP contribution in [0.3, 0.4) is 0 Å². The zero-order chi connectivity index (χ0) is 16.7. The summed E-state index contributed by atoms with van der Waals surface area (Å²) in [5.74, 6) is 0.00694. The highest BCUT2D eigenvalue weighted by Crippen LogP contribution is 2.23. The number of carbonyl (C=O) groups excluding carboxylic acids is 2. The van der Waals surface area contributed by atoms with E-state index in [1.165, 1.54) is 18.6 Å². The van der Waals surface area contributed by atoms with Crippen LogP contribution >= 0.6 is 0 Å². The molecule has 0 bridgehead atoms. The van der Waals surface area contributed by atoms with E-state index in [2.05, 4.69) is 22.9 Å². The number of urea groups is 1. The van der Waals surface area contributed by atoms with Crippen molar-refractivity contribution in [2.24, 2.45) is 5.92 Å². The van der Waals surface area contributed by atoms with Gasteiger partial charge in [-0.3, -0.25) is 4.79 Å². The molecular weight excluding hydrogens is 297 g/mol. The van der Waals surface area contributed by atoms with Crippen molar-refractivity contribution in [2.75, 3.05) is 6.54 Å². The van der Waals surface area contributed by atoms with E-state index in [4.69, 9.17) is 0 Å². The number of hydrogen-bond acceptors (Lipinski definition) is 2. The summed E-state index contributed by atoms with van der Waals surface area (Å²) in [4.78, 5) is 23.5. The van der Waals surface area contributed by atoms with Gasteiger partial charge in [0.05, 0.1) is 6.54 Å². The first-order valence-electron chi connectivity index (χ1n) is 8.10. The number of halogens is 1. The second kappa shape index (κ2) is 8.50. The molecule has 3 amide bonds. The van der Waals surface area contributed by atoms with Gasteiger partial charge in [-0.25, -0.2) is 9.18 Å². The summed E-state index contributed by atoms with van der Waals surface area (Å²) in [6, 6.07) is 5.68. The Hall–Kier alpha value is -2.11. The van der Waals surface area contributed by atoms with Crippen molar-refractivity contribution >= 4 is 11.9 Å². The van der Waals surface area contributed by atoms with Crippen molar-refractivity contribution in [1.29, 1.82) is 0 Å². The van der Waals surface area contributed by atoms with Gasteiger partial charge >= 0.3 is 6.03 Å². The molecule has 1 aromatic carbocycles. The normalized spacial score (nSPS) is 20.6. The molecule has 1 aliphatic rings. The smallest absolute Gasteiger partial charge is 0.315 e. The van der Waals surface area contributed by atoms with Crippen molar-refractivity contribution in [3.8, 4) is 0 Å². The van der Waals surface area contributed by atoms with E-state index < -0.39 is 6.03 Å². The van der Waals surface area contributed by atoms with Crippen LogP contribution in [0.1, 0.15) is 38.2 Å². The Balaban J connectivity index is 1.65. The molecule has 2 atom stereocenters. The molecule has 5 nitrogen and oxygen atoms in total. The fourth-order valence-electron chi connectivity index (χ4n) is 2.80. The quantitative estimate of drug-likeness (QED) is 0.779. The van der Waals surface area contributed by atoms with Crippen molar-refractivity contribution < 1.29 is 14.0 Å². The van der Waals surface area contributed by atoms with Crippen molar-refractivity contribution in [1.82, 2.24) is 16.0 Å². The van der Waals surface area contributed by atoms with Crippen LogP contribution < -0.4 is 16.0 Å². The summed E-state index contributed by atoms with van der Waals surface area (Å²) in [5.41, 5.74) is 0.794. The zero-order valence-corrected chi connectivity index (χ0v) is 13.4. The van der Waals surface area contributed by atoms with Gasteiger partial charge in [-0.2, -0.15) is 0 Å². The molecule has 1 aromatic rings. The second-order valence-electron chi connectivity index (χ2n) is 6.10. The Morgan fingerprint density at radius 3 is 2.52 bits per heavy atom. The zero-order valence-electron chi connectivity index (χ0n) is 13.4. The number of hydrogen-bond donors (Lipinski definition) is 3. The van der Waals surface area contributed by atoms with E-state index in [-0.39, 0.29) is 30.9 Å². The molecule has 0 radical (unpaired) electrons. The summed E-state index contributed by atoms with van der Waals surface area (Å²) in [7, 11) is 0. The maximum absolute atomic E-state index is 12.8. The summed E-state index contributed by atoms with van der Waals surface area (Å²) in [6.07, 6.45) is 4.50. The number of nitrogens with one attached hydrogen (secondary N) is 3. The van der Waals surface area contributed by atoms with Crippen LogP contribution in [0, 0.1) is 11.7 Å². The Morgan fingerprint density at radius 1 is 1.13 bits per heavy atom. The highest BCUT2D eigenvalue weighted by Gasteiger charge is 2.22. The van der Waals surface area contributed by atoms with Gasteiger partial charge in [-0.05, 0) is 36.5 Å². The molecule has 1 aliphatic carbocycles. The monoisotopic (exact) mass is 321 g/mol. The third kappa shape index (κ3) is 5.88. The third-order valence-corrected chi connectivity index (χ3v) is 4.23. The number of amides is 3. The molecule has 0 saturated heterocycles. The standard InChI is InChI=1S/C17H24FN3O2/c1-12-4-2-3-5-15(12)21-16(22)11-20-17(23)19-10-13-6-8-14(18)9-7-13/h6-9,12,15H,2-5,10-11H2,1H3,(H,21,22)(H2,19,20,23)/t12-,15+/m1/s1. The van der Waals surface area contributed by atoms with Crippen LogP contribution in [0.2, 0.25) is 0 Å². The van der Waals surface area contributed by atoms with E-state index in [1.54, 1.807) is 12.1 Å². The first kappa shape index (κ1) is 17.2. The second-order valence-corrected chi connectivity index (χ2v) is 6.10. The van der Waals surface area contributed by atoms with Crippen LogP contribution in [0.4, 0.5) is 9.18 Å². The SMILES string of the molecule is C[C@@H]1CCCC[C@@H]1NC(=O)CNC(=O)NCc1ccc(F)cc1. The number of benzene rings is 1. The Morgan fingerprint density at radius 2 is 1.83 bits per heavy atom. The predicted molar refractivity (Wildman–Crippen MR) is 86.2 cm³/mol. The maximum Gasteiger partial charge on any atom is 0.315 e. The fraction of sp³-hybridized carbons (Fsp3) is 0.529. The minimum Gasteiger partial charge on any atom is -0.352 e. The van der Waals surface area contributed by atoms with Crippen LogP contribution in [0.5, 0.6) is 0 Å². The van der Waals surface area contributed by atoms with Gasteiger partial charge in [0.15, 0.2) is 0 Å². The van der Waals surface area contributed by atoms with Gasteiger partial charge in [0, 0.05) is 12.6 Å². The average Bonchev–Trinajstić information content (AvgIpc) is 2.54. The van der Waals surface area contributed by atoms with Gasteiger partial charge in [0.1, 0.15) is 5.82 Å². The molecule has 0 aromatic heterocycles. The number of rotatable bonds is 5. The Labute approximate surface area is 136 Å². The molecule has 1 fully saturated rings. The maximum atomic E-state index is 12.8. The fourth-order valence-corrected chi connectivity index (χ4v) is 2.80. The van der Waals surface area contributed by atoms with E-state index >= 15 is 0 Å². The lowest BCUT2D eigenvalue weighted by Crippen LogP contribution is -2.47. The lowest BCUT2D eigenvalue weighted by Gasteiger charge is -2.29. The molecule has 126 valence electrons. The van der Waals surface area contributed by atoms with E-state index in [1.807, 2.05) is 0 Å². The van der Waals surface area contributed by atoms with E-state index in [0.29, 0.717) is 5.92 Å². The minimum atomic E-state index is -0.416. The Kier molecular flexibility index (Phi) is 6.38. The highest BCUT2D eigenvalue weighted by molar-refractivity contribution is 5.84. The van der Waals surface area contributed by atoms with Crippen molar-refractivity contribution in [3.05, 3.63) is 35.6 Å². The summed E-state index contributed by atoms with van der Waals surface area (Å²) in [5, 5.41) is 8.15. The van der Waals surface area contributed by atoms with Gasteiger partial charge in [0.2, 0.25) is 5.91 Å². The van der Waals surface area contributed by atoms with Gasteiger partial charge in [-0.1, -0.05) is 31.9 Å². The summed E-state index contributed by atoms with van der Waals surface area (Å²) in [6.45, 7) is 2.39. The molecule has 1 saturated carbocycles. The third-order valence-electron chi connectivity index (χ3n) is 4.23. The topological polar surface area (TPSA) is 70.2 Å². The number of carbonyl (C=O) groups is 2. The summed E-state index contributed by atoms with van der Waals surface area (Å²) < 4.78 is 12.8. The molecule has 6 heteroatoms. The van der Waals surface area contributed by atoms with Crippen LogP contribution in [-0.4, -0.2) is 24.5 Å². The first-order chi connectivity index (χ1) is 11.0.